The van der Waals surface area contributed by atoms with Crippen LogP contribution in [0.25, 0.3) is 0 Å². The molecule has 2 aliphatic carbocycles. The smallest absolute Gasteiger partial charge is 0.408 e. The first-order valence-electron chi connectivity index (χ1n) is 18.7. The molecular formula is C39H67N5O9. The van der Waals surface area contributed by atoms with Gasteiger partial charge in [0.1, 0.15) is 29.8 Å². The number of nitrogens with zero attached hydrogens (tertiary/aromatic N) is 2. The molecule has 4 N–H and O–H groups in total. The first-order chi connectivity index (χ1) is 23.7. The van der Waals surface area contributed by atoms with Crippen molar-refractivity contribution in [1.29, 1.82) is 0 Å². The molecule has 14 nitrogen and oxygen atoms in total. The lowest BCUT2D eigenvalue weighted by Gasteiger charge is -2.37. The fourth-order valence-electron chi connectivity index (χ4n) is 8.26. The largest absolute Gasteiger partial charge is 0.480 e. The van der Waals surface area contributed by atoms with Gasteiger partial charge in [-0.25, -0.2) is 19.2 Å². The molecule has 0 aromatic carbocycles. The van der Waals surface area contributed by atoms with E-state index < -0.39 is 70.2 Å². The van der Waals surface area contributed by atoms with Gasteiger partial charge in [-0.2, -0.15) is 0 Å². The third kappa shape index (κ3) is 9.57. The van der Waals surface area contributed by atoms with Crippen LogP contribution in [0.4, 0.5) is 9.59 Å². The molecule has 2 aliphatic heterocycles. The zero-order chi connectivity index (χ0) is 41.2. The van der Waals surface area contributed by atoms with Gasteiger partial charge >= 0.3 is 24.1 Å². The van der Waals surface area contributed by atoms with Crippen molar-refractivity contribution in [3.8, 4) is 0 Å². The molecule has 8 atom stereocenters. The number of ether oxygens (including phenoxy) is 2. The van der Waals surface area contributed by atoms with Crippen LogP contribution in [0.3, 0.4) is 0 Å². The zero-order valence-corrected chi connectivity index (χ0v) is 35.1. The normalized spacial score (nSPS) is 27.8. The number of methoxy groups -OCH3 is 1. The Morgan fingerprint density at radius 1 is 0.679 bits per heavy atom. The Hall–Kier alpha value is -3.58. The highest BCUT2D eigenvalue weighted by Crippen LogP contribution is 2.66. The van der Waals surface area contributed by atoms with Crippen LogP contribution in [0, 0.1) is 45.3 Å². The van der Waals surface area contributed by atoms with Crippen LogP contribution in [-0.2, 0) is 28.7 Å². The summed E-state index contributed by atoms with van der Waals surface area (Å²) in [5, 5.41) is 18.0. The van der Waals surface area contributed by atoms with Gasteiger partial charge < -0.3 is 40.3 Å². The van der Waals surface area contributed by atoms with Crippen LogP contribution < -0.4 is 16.0 Å². The molecule has 2 saturated carbocycles. The Bertz CT molecular complexity index is 1460. The Morgan fingerprint density at radius 2 is 1.08 bits per heavy atom. The lowest BCUT2D eigenvalue weighted by Crippen LogP contribution is -2.60. The fraction of sp³-hybridized carbons (Fsp3) is 0.846. The van der Waals surface area contributed by atoms with E-state index in [4.69, 9.17) is 9.47 Å². The quantitative estimate of drug-likeness (QED) is 0.281. The molecule has 53 heavy (non-hydrogen) atoms. The van der Waals surface area contributed by atoms with Crippen molar-refractivity contribution in [3.05, 3.63) is 0 Å². The molecule has 302 valence electrons. The van der Waals surface area contributed by atoms with Crippen molar-refractivity contribution in [3.63, 3.8) is 0 Å². The van der Waals surface area contributed by atoms with E-state index in [9.17, 15) is 33.9 Å². The first kappa shape index (κ1) is 43.8. The molecule has 0 aromatic rings. The second-order valence-electron chi connectivity index (χ2n) is 20.7. The summed E-state index contributed by atoms with van der Waals surface area (Å²) in [6, 6.07) is -3.46. The standard InChI is InChI=1S/C20H34N2O5.C19H33N3O4/c1-18(2,3)14(21-17(25)27-19(4,5)6)15(23)22-10-11-12(20(11,7)8)13(22)16(24)26-9;1-17(2,3)13(20-16(26)21-18(4,5)6)14(23)22-9-10-11(19(10,7)8)12(22)15(24)25/h11-14H,10H2,1-9H3,(H,21,25);10-13H,9H2,1-8H3,(H,24,25)(H2,20,21,26)/t11?,12?,13-,14+;10?,11?,12-,13+/m00/s1. The lowest BCUT2D eigenvalue weighted by atomic mass is 9.85. The number of carbonyl (C=O) groups is 6. The molecule has 0 radical (unpaired) electrons. The van der Waals surface area contributed by atoms with Crippen LogP contribution in [0.15, 0.2) is 0 Å². The number of esters is 1. The second-order valence-corrected chi connectivity index (χ2v) is 20.7. The van der Waals surface area contributed by atoms with Crippen LogP contribution >= 0.6 is 0 Å². The summed E-state index contributed by atoms with van der Waals surface area (Å²) in [5.41, 5.74) is -2.21. The van der Waals surface area contributed by atoms with Crippen molar-refractivity contribution in [1.82, 2.24) is 25.8 Å². The van der Waals surface area contributed by atoms with Gasteiger partial charge in [0, 0.05) is 30.5 Å². The van der Waals surface area contributed by atoms with E-state index in [-0.39, 0.29) is 46.3 Å². The van der Waals surface area contributed by atoms with Gasteiger partial charge in [-0.15, -0.1) is 0 Å². The molecule has 2 heterocycles. The predicted molar refractivity (Wildman–Crippen MR) is 199 cm³/mol. The van der Waals surface area contributed by atoms with Gasteiger partial charge in [-0.05, 0) is 75.0 Å². The maximum absolute atomic E-state index is 13.3. The molecule has 4 aliphatic rings. The highest BCUT2D eigenvalue weighted by Gasteiger charge is 2.71. The van der Waals surface area contributed by atoms with Gasteiger partial charge in [-0.3, -0.25) is 9.59 Å². The van der Waals surface area contributed by atoms with Crippen molar-refractivity contribution in [2.75, 3.05) is 20.2 Å². The summed E-state index contributed by atoms with van der Waals surface area (Å²) < 4.78 is 10.3. The molecule has 4 fully saturated rings. The molecule has 4 unspecified atom stereocenters. The van der Waals surface area contributed by atoms with Gasteiger partial charge in [0.05, 0.1) is 7.11 Å². The average molecular weight is 750 g/mol. The van der Waals surface area contributed by atoms with E-state index in [1.165, 1.54) is 12.0 Å². The monoisotopic (exact) mass is 749 g/mol. The summed E-state index contributed by atoms with van der Waals surface area (Å²) in [6.07, 6.45) is -0.643. The Kier molecular flexibility index (Phi) is 11.8. The Balaban J connectivity index is 0.000000286. The van der Waals surface area contributed by atoms with Crippen molar-refractivity contribution < 1.29 is 43.3 Å². The van der Waals surface area contributed by atoms with Crippen LogP contribution in [0.1, 0.15) is 111 Å². The maximum atomic E-state index is 13.3. The topological polar surface area (TPSA) is 184 Å². The number of urea groups is 1. The molecule has 0 spiro atoms. The number of hydrogen-bond acceptors (Lipinski definition) is 8. The number of carboxylic acids is 1. The average Bonchev–Trinajstić information content (AvgIpc) is 3.45. The highest BCUT2D eigenvalue weighted by atomic mass is 16.6. The Labute approximate surface area is 316 Å². The van der Waals surface area contributed by atoms with Crippen LogP contribution in [0.2, 0.25) is 0 Å². The second kappa shape index (κ2) is 14.2. The summed E-state index contributed by atoms with van der Waals surface area (Å²) >= 11 is 0. The van der Waals surface area contributed by atoms with Crippen molar-refractivity contribution >= 4 is 35.9 Å². The third-order valence-electron chi connectivity index (χ3n) is 11.3. The van der Waals surface area contributed by atoms with E-state index in [0.29, 0.717) is 13.1 Å². The van der Waals surface area contributed by atoms with E-state index >= 15 is 0 Å². The van der Waals surface area contributed by atoms with Crippen molar-refractivity contribution in [2.45, 2.75) is 146 Å². The van der Waals surface area contributed by atoms with E-state index in [0.717, 1.165) is 0 Å². The minimum Gasteiger partial charge on any atom is -0.480 e. The Morgan fingerprint density at radius 3 is 1.43 bits per heavy atom. The van der Waals surface area contributed by atoms with Gasteiger partial charge in [0.2, 0.25) is 11.8 Å². The van der Waals surface area contributed by atoms with E-state index in [2.05, 4.69) is 43.6 Å². The van der Waals surface area contributed by atoms with Gasteiger partial charge in [0.25, 0.3) is 0 Å². The molecule has 0 aromatic heterocycles. The SMILES string of the molecule is CC(C)(C)NC(=O)N[C@H](C(=O)N1CC2C([C@H]1C(=O)O)C2(C)C)C(C)(C)C.COC(=O)[C@@H]1C2C(CN1C(=O)[C@@H](NC(=O)OC(C)(C)C)C(C)(C)C)C2(C)C. The number of aliphatic carboxylic acids is 1. The number of carbonyl (C=O) groups excluding carboxylic acids is 5. The van der Waals surface area contributed by atoms with E-state index in [1.54, 1.807) is 25.7 Å². The molecule has 14 heteroatoms. The number of fused-ring (bicyclic) bond motifs is 2. The summed E-state index contributed by atoms with van der Waals surface area (Å²) in [6.45, 7) is 31.4. The number of nitrogens with one attached hydrogen (secondary N) is 3. The molecule has 2 saturated heterocycles. The van der Waals surface area contributed by atoms with Gasteiger partial charge in [0.15, 0.2) is 0 Å². The summed E-state index contributed by atoms with van der Waals surface area (Å²) in [5.74, 6) is -1.41. The lowest BCUT2D eigenvalue weighted by molar-refractivity contribution is -0.154. The number of alkyl carbamates (subject to hydrolysis) is 1. The number of hydrogen-bond donors (Lipinski definition) is 4. The summed E-state index contributed by atoms with van der Waals surface area (Å²) in [7, 11) is 1.34. The molecule has 0 bridgehead atoms. The van der Waals surface area contributed by atoms with Gasteiger partial charge in [-0.1, -0.05) is 69.2 Å². The zero-order valence-electron chi connectivity index (χ0n) is 35.1. The minimum absolute atomic E-state index is 0.0193. The third-order valence-corrected chi connectivity index (χ3v) is 11.3. The first-order valence-corrected chi connectivity index (χ1v) is 18.7. The molecule has 5 amide bonds. The number of amides is 5. The van der Waals surface area contributed by atoms with Crippen LogP contribution in [-0.4, -0.2) is 106 Å². The number of rotatable bonds is 6. The minimum atomic E-state index is -0.969. The van der Waals surface area contributed by atoms with Crippen LogP contribution in [0.5, 0.6) is 0 Å². The predicted octanol–water partition coefficient (Wildman–Crippen LogP) is 4.65. The maximum Gasteiger partial charge on any atom is 0.408 e. The van der Waals surface area contributed by atoms with Crippen molar-refractivity contribution in [2.24, 2.45) is 45.3 Å². The fourth-order valence-corrected chi connectivity index (χ4v) is 8.26. The molecular weight excluding hydrogens is 682 g/mol. The number of likely N-dealkylation sites (tertiary alicyclic amines) is 2. The number of piperidine rings is 2. The highest BCUT2D eigenvalue weighted by molar-refractivity contribution is 5.93. The molecule has 4 rings (SSSR count). The summed E-state index contributed by atoms with van der Waals surface area (Å²) in [4.78, 5) is 78.4. The van der Waals surface area contributed by atoms with E-state index in [1.807, 2.05) is 62.3 Å². The number of carboxylic acid groups (broad SMARTS) is 1.